The number of aryl methyl sites for hydroxylation is 2. The van der Waals surface area contributed by atoms with Crippen molar-refractivity contribution in [3.8, 4) is 67.5 Å². The van der Waals surface area contributed by atoms with Gasteiger partial charge in [0.2, 0.25) is 0 Å². The lowest BCUT2D eigenvalue weighted by atomic mass is 9.69. The molecule has 0 radical (unpaired) electrons. The number of carbonyl (C=O) groups excluding carboxylic acids is 2. The number of fused-ring (bicyclic) bond motifs is 10. The lowest BCUT2D eigenvalue weighted by molar-refractivity contribution is 0.0653. The molecule has 2 amide bonds. The molecule has 264 valence electrons. The second-order valence-electron chi connectivity index (χ2n) is 13.9. The highest BCUT2D eigenvalue weighted by molar-refractivity contribution is 6.25. The Bertz CT molecular complexity index is 2140. The Morgan fingerprint density at radius 1 is 0.538 bits per heavy atom. The second-order valence-corrected chi connectivity index (χ2v) is 13.9. The fourth-order valence-corrected chi connectivity index (χ4v) is 9.01. The van der Waals surface area contributed by atoms with Crippen LogP contribution in [0.3, 0.4) is 0 Å². The standard InChI is InChI=1S/C45H43NO6/c1-8-21-46-44(47)40-32-19-13-28-22-34(26-9-15-30(49-4)16-10-26)42(51-6)24(2)36(28)38(32)39-33(41(40)45(46)48)20-14-29-23-35(43(52-7)25(3)37(29)39)27-11-17-31(50-5)18-12-27/h9-12,15-18,22-23H,8,13-14,19-21H2,1-7H3. The van der Waals surface area contributed by atoms with Crippen LogP contribution in [0.2, 0.25) is 0 Å². The molecule has 0 saturated heterocycles. The Balaban J connectivity index is 1.44. The molecule has 0 atom stereocenters. The zero-order chi connectivity index (χ0) is 36.4. The number of methoxy groups -OCH3 is 4. The van der Waals surface area contributed by atoms with Crippen molar-refractivity contribution >= 4 is 11.8 Å². The van der Waals surface area contributed by atoms with E-state index in [-0.39, 0.29) is 11.8 Å². The smallest absolute Gasteiger partial charge is 0.261 e. The number of amides is 2. The molecule has 7 nitrogen and oxygen atoms in total. The van der Waals surface area contributed by atoms with Crippen molar-refractivity contribution in [2.45, 2.75) is 52.9 Å². The molecule has 1 heterocycles. The predicted molar refractivity (Wildman–Crippen MR) is 204 cm³/mol. The largest absolute Gasteiger partial charge is 0.497 e. The highest BCUT2D eigenvalue weighted by atomic mass is 16.5. The maximum atomic E-state index is 14.3. The average molecular weight is 694 g/mol. The molecule has 1 aliphatic heterocycles. The SMILES string of the molecule is CCCN1C(=O)c2c3c(c4c(c2C1=O)CCc1cc(-c2ccc(OC)cc2)c(OC)c(C)c1-4)-c1c(cc(-c2ccc(OC)cc2)c(OC)c1C)CC3. The van der Waals surface area contributed by atoms with Crippen LogP contribution in [0.4, 0.5) is 0 Å². The number of ether oxygens (including phenoxy) is 4. The molecule has 2 aliphatic carbocycles. The van der Waals surface area contributed by atoms with Crippen LogP contribution in [-0.2, 0) is 25.7 Å². The summed E-state index contributed by atoms with van der Waals surface area (Å²) in [5.41, 5.74) is 16.0. The molecule has 5 aromatic carbocycles. The van der Waals surface area contributed by atoms with Crippen LogP contribution in [0.1, 0.15) is 67.4 Å². The summed E-state index contributed by atoms with van der Waals surface area (Å²) >= 11 is 0. The third-order valence-corrected chi connectivity index (χ3v) is 11.3. The summed E-state index contributed by atoms with van der Waals surface area (Å²) in [6, 6.07) is 20.6. The number of nitrogens with zero attached hydrogens (tertiary/aromatic N) is 1. The average Bonchev–Trinajstić information content (AvgIpc) is 3.42. The van der Waals surface area contributed by atoms with Gasteiger partial charge in [-0.25, -0.2) is 0 Å². The maximum Gasteiger partial charge on any atom is 0.261 e. The van der Waals surface area contributed by atoms with E-state index in [4.69, 9.17) is 18.9 Å². The first-order chi connectivity index (χ1) is 25.3. The molecule has 8 rings (SSSR count). The quantitative estimate of drug-likeness (QED) is 0.151. The molecule has 5 aromatic rings. The van der Waals surface area contributed by atoms with Crippen molar-refractivity contribution in [3.05, 3.63) is 105 Å². The van der Waals surface area contributed by atoms with Gasteiger partial charge >= 0.3 is 0 Å². The molecule has 0 spiro atoms. The van der Waals surface area contributed by atoms with E-state index in [1.54, 1.807) is 28.4 Å². The summed E-state index contributed by atoms with van der Waals surface area (Å²) in [4.78, 5) is 30.0. The molecule has 0 saturated carbocycles. The number of benzene rings is 5. The van der Waals surface area contributed by atoms with E-state index >= 15 is 0 Å². The van der Waals surface area contributed by atoms with Crippen LogP contribution in [0.15, 0.2) is 60.7 Å². The van der Waals surface area contributed by atoms with Crippen LogP contribution < -0.4 is 18.9 Å². The van der Waals surface area contributed by atoms with Gasteiger partial charge in [-0.3, -0.25) is 14.5 Å². The minimum Gasteiger partial charge on any atom is -0.497 e. The summed E-state index contributed by atoms with van der Waals surface area (Å²) in [6.07, 6.45) is 3.49. The van der Waals surface area contributed by atoms with E-state index in [0.29, 0.717) is 36.9 Å². The molecular weight excluding hydrogens is 650 g/mol. The van der Waals surface area contributed by atoms with Gasteiger partial charge in [0.15, 0.2) is 0 Å². The molecule has 0 bridgehead atoms. The van der Waals surface area contributed by atoms with Gasteiger partial charge in [-0.15, -0.1) is 0 Å². The molecule has 52 heavy (non-hydrogen) atoms. The van der Waals surface area contributed by atoms with Gasteiger partial charge in [0.25, 0.3) is 11.8 Å². The lowest BCUT2D eigenvalue weighted by Gasteiger charge is -2.34. The summed E-state index contributed by atoms with van der Waals surface area (Å²) in [5, 5.41) is 0. The van der Waals surface area contributed by atoms with Gasteiger partial charge in [0.1, 0.15) is 23.0 Å². The Labute approximate surface area is 305 Å². The summed E-state index contributed by atoms with van der Waals surface area (Å²) in [6.45, 7) is 6.66. The van der Waals surface area contributed by atoms with E-state index in [9.17, 15) is 9.59 Å². The fraction of sp³-hybridized carbons (Fsp3) is 0.289. The molecule has 0 N–H and O–H groups in total. The third-order valence-electron chi connectivity index (χ3n) is 11.3. The normalized spacial score (nSPS) is 13.9. The van der Waals surface area contributed by atoms with Crippen molar-refractivity contribution in [2.24, 2.45) is 0 Å². The van der Waals surface area contributed by atoms with Gasteiger partial charge in [-0.05, 0) is 149 Å². The van der Waals surface area contributed by atoms with E-state index < -0.39 is 0 Å². The van der Waals surface area contributed by atoms with Gasteiger partial charge in [0, 0.05) is 17.7 Å². The monoisotopic (exact) mass is 693 g/mol. The van der Waals surface area contributed by atoms with E-state index in [2.05, 4.69) is 50.2 Å². The Morgan fingerprint density at radius 2 is 0.942 bits per heavy atom. The summed E-state index contributed by atoms with van der Waals surface area (Å²) in [7, 11) is 6.78. The number of imide groups is 1. The first-order valence-corrected chi connectivity index (χ1v) is 18.0. The molecule has 3 aliphatic rings. The zero-order valence-electron chi connectivity index (χ0n) is 30.9. The molecule has 0 unspecified atom stereocenters. The Kier molecular flexibility index (Phi) is 8.32. The van der Waals surface area contributed by atoms with Crippen LogP contribution in [0.5, 0.6) is 23.0 Å². The minimum absolute atomic E-state index is 0.168. The van der Waals surface area contributed by atoms with Gasteiger partial charge in [-0.1, -0.05) is 31.2 Å². The van der Waals surface area contributed by atoms with Crippen molar-refractivity contribution in [1.82, 2.24) is 4.90 Å². The molecule has 0 aromatic heterocycles. The van der Waals surface area contributed by atoms with E-state index in [0.717, 1.165) is 103 Å². The van der Waals surface area contributed by atoms with Gasteiger partial charge in [-0.2, -0.15) is 0 Å². The highest BCUT2D eigenvalue weighted by Crippen LogP contribution is 2.56. The highest BCUT2D eigenvalue weighted by Gasteiger charge is 2.44. The molecule has 7 heteroatoms. The first kappa shape index (κ1) is 33.6. The summed E-state index contributed by atoms with van der Waals surface area (Å²) in [5.74, 6) is 2.84. The van der Waals surface area contributed by atoms with E-state index in [1.165, 1.54) is 16.0 Å². The van der Waals surface area contributed by atoms with Crippen LogP contribution in [-0.4, -0.2) is 51.7 Å². The third kappa shape index (κ3) is 4.85. The Morgan fingerprint density at radius 3 is 1.29 bits per heavy atom. The lowest BCUT2D eigenvalue weighted by Crippen LogP contribution is -2.30. The number of hydrogen-bond acceptors (Lipinski definition) is 6. The molecule has 0 fully saturated rings. The van der Waals surface area contributed by atoms with E-state index in [1.807, 2.05) is 31.2 Å². The fourth-order valence-electron chi connectivity index (χ4n) is 9.01. The van der Waals surface area contributed by atoms with Crippen molar-refractivity contribution < 1.29 is 28.5 Å². The van der Waals surface area contributed by atoms with Crippen LogP contribution in [0, 0.1) is 13.8 Å². The first-order valence-electron chi connectivity index (χ1n) is 18.0. The number of carbonyl (C=O) groups is 2. The van der Waals surface area contributed by atoms with Gasteiger partial charge in [0.05, 0.1) is 39.6 Å². The van der Waals surface area contributed by atoms with Crippen molar-refractivity contribution in [1.29, 1.82) is 0 Å². The zero-order valence-corrected chi connectivity index (χ0v) is 30.9. The van der Waals surface area contributed by atoms with Crippen molar-refractivity contribution in [2.75, 3.05) is 35.0 Å². The predicted octanol–water partition coefficient (Wildman–Crippen LogP) is 9.21. The Hall–Kier alpha value is -5.56. The number of hydrogen-bond donors (Lipinski definition) is 0. The maximum absolute atomic E-state index is 14.3. The summed E-state index contributed by atoms with van der Waals surface area (Å²) < 4.78 is 23.3. The van der Waals surface area contributed by atoms with Crippen LogP contribution in [0.25, 0.3) is 44.5 Å². The topological polar surface area (TPSA) is 74.3 Å². The number of rotatable bonds is 8. The van der Waals surface area contributed by atoms with Gasteiger partial charge < -0.3 is 18.9 Å². The van der Waals surface area contributed by atoms with Crippen LogP contribution >= 0.6 is 0 Å². The van der Waals surface area contributed by atoms with Crippen molar-refractivity contribution in [3.63, 3.8) is 0 Å². The molecular formula is C45H43NO6. The minimum atomic E-state index is -0.168. The second kappa shape index (κ2) is 12.9.